The van der Waals surface area contributed by atoms with Crippen LogP contribution in [0.15, 0.2) is 53.9 Å². The highest BCUT2D eigenvalue weighted by atomic mass is 32.1. The molecule has 3 aromatic rings. The predicted octanol–water partition coefficient (Wildman–Crippen LogP) is 3.50. The fraction of sp³-hybridized carbons (Fsp3) is 0.292. The number of carbonyl (C=O) groups is 2. The second-order valence-corrected chi connectivity index (χ2v) is 8.65. The Morgan fingerprint density at radius 3 is 2.88 bits per heavy atom. The van der Waals surface area contributed by atoms with E-state index < -0.39 is 0 Å². The first kappa shape index (κ1) is 20.7. The number of hydrogen-bond acceptors (Lipinski definition) is 6. The van der Waals surface area contributed by atoms with E-state index in [0.29, 0.717) is 18.0 Å². The van der Waals surface area contributed by atoms with Crippen molar-refractivity contribution in [1.82, 2.24) is 10.3 Å². The molecule has 0 spiro atoms. The van der Waals surface area contributed by atoms with Crippen LogP contribution in [-0.4, -0.2) is 49.2 Å². The average Bonchev–Trinajstić information content (AvgIpc) is 3.52. The third-order valence-corrected chi connectivity index (χ3v) is 6.47. The Balaban J connectivity index is 1.35. The lowest BCUT2D eigenvalue weighted by Crippen LogP contribution is -2.46. The molecule has 0 aliphatic carbocycles. The molecule has 2 aliphatic heterocycles. The van der Waals surface area contributed by atoms with Crippen molar-refractivity contribution in [3.05, 3.63) is 53.9 Å². The van der Waals surface area contributed by atoms with Gasteiger partial charge in [-0.3, -0.25) is 14.5 Å². The van der Waals surface area contributed by atoms with Crippen molar-refractivity contribution >= 4 is 28.8 Å². The number of thiazole rings is 1. The maximum atomic E-state index is 12.6. The number of rotatable bonds is 6. The summed E-state index contributed by atoms with van der Waals surface area (Å²) >= 11 is 1.57. The third kappa shape index (κ3) is 4.37. The zero-order chi connectivity index (χ0) is 21.9. The molecule has 2 aromatic carbocycles. The van der Waals surface area contributed by atoms with Gasteiger partial charge in [0, 0.05) is 29.7 Å². The van der Waals surface area contributed by atoms with Gasteiger partial charge in [0.2, 0.25) is 5.91 Å². The molecule has 2 amide bonds. The molecule has 8 heteroatoms. The molecule has 5 rings (SSSR count). The summed E-state index contributed by atoms with van der Waals surface area (Å²) in [6, 6.07) is 15.6. The Bertz CT molecular complexity index is 1130. The summed E-state index contributed by atoms with van der Waals surface area (Å²) in [5.74, 6) is 0.121. The quantitative estimate of drug-likeness (QED) is 0.623. The van der Waals surface area contributed by atoms with Crippen LogP contribution in [0.2, 0.25) is 0 Å². The topological polar surface area (TPSA) is 80.8 Å². The Labute approximate surface area is 190 Å². The van der Waals surface area contributed by atoms with Crippen molar-refractivity contribution in [2.75, 3.05) is 31.2 Å². The van der Waals surface area contributed by atoms with Crippen molar-refractivity contribution in [2.24, 2.45) is 0 Å². The van der Waals surface area contributed by atoms with Crippen molar-refractivity contribution < 1.29 is 19.1 Å². The molecular weight excluding hydrogens is 426 g/mol. The SMILES string of the molecule is O=C(CN1C(=O)COc2ccc(-c3csc(-c4ccccc4)n3)cc21)NCC1CCCO1. The molecule has 0 saturated carbocycles. The van der Waals surface area contributed by atoms with Crippen molar-refractivity contribution in [1.29, 1.82) is 0 Å². The molecule has 1 atom stereocenters. The van der Waals surface area contributed by atoms with Crippen LogP contribution in [0.1, 0.15) is 12.8 Å². The molecule has 0 radical (unpaired) electrons. The van der Waals surface area contributed by atoms with Gasteiger partial charge < -0.3 is 14.8 Å². The number of amides is 2. The van der Waals surface area contributed by atoms with E-state index in [9.17, 15) is 9.59 Å². The molecule has 1 saturated heterocycles. The standard InChI is InChI=1S/C24H23N3O4S/c28-22(25-12-18-7-4-10-30-18)13-27-20-11-17(8-9-21(20)31-14-23(27)29)19-15-32-24(26-19)16-5-2-1-3-6-16/h1-3,5-6,8-9,11,15,18H,4,7,10,12-14H2,(H,25,28). The summed E-state index contributed by atoms with van der Waals surface area (Å²) in [6.45, 7) is 1.06. The fourth-order valence-electron chi connectivity index (χ4n) is 3.89. The number of aromatic nitrogens is 1. The van der Waals surface area contributed by atoms with Gasteiger partial charge in [-0.1, -0.05) is 30.3 Å². The van der Waals surface area contributed by atoms with Crippen LogP contribution >= 0.6 is 11.3 Å². The largest absolute Gasteiger partial charge is 0.482 e. The Morgan fingerprint density at radius 2 is 2.06 bits per heavy atom. The van der Waals surface area contributed by atoms with Crippen molar-refractivity contribution in [2.45, 2.75) is 18.9 Å². The number of anilines is 1. The molecule has 0 bridgehead atoms. The first-order valence-electron chi connectivity index (χ1n) is 10.6. The highest BCUT2D eigenvalue weighted by Crippen LogP contribution is 2.37. The van der Waals surface area contributed by atoms with Crippen LogP contribution in [0.5, 0.6) is 5.75 Å². The van der Waals surface area contributed by atoms with Crippen molar-refractivity contribution in [3.8, 4) is 27.6 Å². The van der Waals surface area contributed by atoms with Gasteiger partial charge in [-0.2, -0.15) is 0 Å². The Hall–Kier alpha value is -3.23. The highest BCUT2D eigenvalue weighted by molar-refractivity contribution is 7.13. The lowest BCUT2D eigenvalue weighted by atomic mass is 10.1. The number of ether oxygens (including phenoxy) is 2. The summed E-state index contributed by atoms with van der Waals surface area (Å²) in [5.41, 5.74) is 3.33. The van der Waals surface area contributed by atoms with Gasteiger partial charge >= 0.3 is 0 Å². The van der Waals surface area contributed by atoms with Gasteiger partial charge in [-0.15, -0.1) is 11.3 Å². The molecule has 32 heavy (non-hydrogen) atoms. The molecule has 3 heterocycles. The van der Waals surface area contributed by atoms with Gasteiger partial charge in [0.25, 0.3) is 5.91 Å². The minimum atomic E-state index is -0.245. The van der Waals surface area contributed by atoms with E-state index in [1.807, 2.05) is 53.9 Å². The molecule has 7 nitrogen and oxygen atoms in total. The summed E-state index contributed by atoms with van der Waals surface area (Å²) in [5, 5.41) is 5.80. The molecule has 1 N–H and O–H groups in total. The van der Waals surface area contributed by atoms with Gasteiger partial charge in [0.15, 0.2) is 6.61 Å². The summed E-state index contributed by atoms with van der Waals surface area (Å²) in [7, 11) is 0. The van der Waals surface area contributed by atoms with Crippen LogP contribution < -0.4 is 15.0 Å². The van der Waals surface area contributed by atoms with E-state index in [1.165, 1.54) is 4.90 Å². The second kappa shape index (κ2) is 9.10. The van der Waals surface area contributed by atoms with Gasteiger partial charge in [0.1, 0.15) is 17.3 Å². The zero-order valence-corrected chi connectivity index (χ0v) is 18.3. The minimum Gasteiger partial charge on any atom is -0.482 e. The third-order valence-electron chi connectivity index (χ3n) is 5.58. The van der Waals surface area contributed by atoms with Crippen LogP contribution in [0.25, 0.3) is 21.8 Å². The van der Waals surface area contributed by atoms with Crippen molar-refractivity contribution in [3.63, 3.8) is 0 Å². The van der Waals surface area contributed by atoms with E-state index in [4.69, 9.17) is 14.5 Å². The lowest BCUT2D eigenvalue weighted by Gasteiger charge is -2.29. The van der Waals surface area contributed by atoms with E-state index in [0.717, 1.165) is 41.3 Å². The zero-order valence-electron chi connectivity index (χ0n) is 17.5. The Kier molecular flexibility index (Phi) is 5.87. The summed E-state index contributed by atoms with van der Waals surface area (Å²) in [4.78, 5) is 31.3. The fourth-order valence-corrected chi connectivity index (χ4v) is 4.72. The average molecular weight is 450 g/mol. The van der Waals surface area contributed by atoms with Gasteiger partial charge in [-0.05, 0) is 31.0 Å². The van der Waals surface area contributed by atoms with Crippen LogP contribution in [0.3, 0.4) is 0 Å². The lowest BCUT2D eigenvalue weighted by molar-refractivity contribution is -0.125. The number of fused-ring (bicyclic) bond motifs is 1. The van der Waals surface area contributed by atoms with E-state index in [-0.39, 0.29) is 31.1 Å². The minimum absolute atomic E-state index is 0.0571. The predicted molar refractivity (Wildman–Crippen MR) is 123 cm³/mol. The number of benzene rings is 2. The summed E-state index contributed by atoms with van der Waals surface area (Å²) in [6.07, 6.45) is 2.02. The Morgan fingerprint density at radius 1 is 1.19 bits per heavy atom. The van der Waals surface area contributed by atoms with Gasteiger partial charge in [0.05, 0.1) is 17.5 Å². The highest BCUT2D eigenvalue weighted by Gasteiger charge is 2.28. The monoisotopic (exact) mass is 449 g/mol. The number of nitrogens with one attached hydrogen (secondary N) is 1. The number of hydrogen-bond donors (Lipinski definition) is 1. The first-order chi connectivity index (χ1) is 15.7. The van der Waals surface area contributed by atoms with Crippen LogP contribution in [0.4, 0.5) is 5.69 Å². The normalized spacial score (nSPS) is 17.7. The summed E-state index contributed by atoms with van der Waals surface area (Å²) < 4.78 is 11.1. The van der Waals surface area contributed by atoms with E-state index in [1.54, 1.807) is 11.3 Å². The van der Waals surface area contributed by atoms with Crippen LogP contribution in [-0.2, 0) is 14.3 Å². The molecule has 1 unspecified atom stereocenters. The van der Waals surface area contributed by atoms with E-state index >= 15 is 0 Å². The first-order valence-corrected chi connectivity index (χ1v) is 11.5. The maximum absolute atomic E-state index is 12.6. The smallest absolute Gasteiger partial charge is 0.265 e. The molecule has 1 aromatic heterocycles. The van der Waals surface area contributed by atoms with Gasteiger partial charge in [-0.25, -0.2) is 4.98 Å². The van der Waals surface area contributed by atoms with Crippen LogP contribution in [0, 0.1) is 0 Å². The van der Waals surface area contributed by atoms with E-state index in [2.05, 4.69) is 5.32 Å². The number of nitrogens with zero attached hydrogens (tertiary/aromatic N) is 2. The molecule has 164 valence electrons. The maximum Gasteiger partial charge on any atom is 0.265 e. The second-order valence-electron chi connectivity index (χ2n) is 7.79. The molecular formula is C24H23N3O4S. The molecule has 2 aliphatic rings. The molecule has 1 fully saturated rings. The number of carbonyl (C=O) groups excluding carboxylic acids is 2.